The minimum Gasteiger partial charge on any atom is -1.00 e. The number of para-hydroxylation sites is 2. The fourth-order valence-electron chi connectivity index (χ4n) is 8.06. The first-order valence-corrected chi connectivity index (χ1v) is 22.3. The Morgan fingerprint density at radius 1 is 0.280 bits per heavy atom. The molecule has 0 spiro atoms. The largest absolute Gasteiger partial charge is 1.00 e. The van der Waals surface area contributed by atoms with E-state index in [0.29, 0.717) is 0 Å². The smallest absolute Gasteiger partial charge is 0.137 e. The summed E-state index contributed by atoms with van der Waals surface area (Å²) in [7, 11) is 0. The number of hydrogen-bond donors (Lipinski definition) is 0. The zero-order valence-corrected chi connectivity index (χ0v) is 35.8. The highest BCUT2D eigenvalue weighted by atomic mass is 127. The van der Waals surface area contributed by atoms with E-state index in [9.17, 15) is 0 Å². The number of unbranched alkanes of at least 4 members (excludes halogenated alkanes) is 30. The Bertz CT molecular complexity index is 850. The first-order chi connectivity index (χ1) is 24.3. The van der Waals surface area contributed by atoms with Gasteiger partial charge < -0.3 is 24.0 Å². The highest BCUT2D eigenvalue weighted by molar-refractivity contribution is 5.58. The Labute approximate surface area is 331 Å². The molecule has 0 bridgehead atoms. The Morgan fingerprint density at radius 2 is 0.480 bits per heavy atom. The molecule has 2 aromatic carbocycles. The van der Waals surface area contributed by atoms with E-state index in [1.807, 2.05) is 0 Å². The summed E-state index contributed by atoms with van der Waals surface area (Å²) in [5.74, 6) is 0. The molecular formula is C48H84IN. The van der Waals surface area contributed by atoms with Crippen molar-refractivity contribution in [3.8, 4) is 0 Å². The van der Waals surface area contributed by atoms with Crippen molar-refractivity contribution < 1.29 is 24.0 Å². The van der Waals surface area contributed by atoms with Crippen molar-refractivity contribution in [1.29, 1.82) is 0 Å². The van der Waals surface area contributed by atoms with Crippen molar-refractivity contribution in [2.45, 2.75) is 219 Å². The maximum absolute atomic E-state index is 2.39. The molecule has 0 aromatic heterocycles. The van der Waals surface area contributed by atoms with E-state index in [1.165, 1.54) is 230 Å². The van der Waals surface area contributed by atoms with Crippen LogP contribution in [-0.4, -0.2) is 13.1 Å². The van der Waals surface area contributed by atoms with Crippen LogP contribution in [0.25, 0.3) is 0 Å². The molecule has 0 saturated carbocycles. The molecule has 0 aliphatic rings. The van der Waals surface area contributed by atoms with E-state index in [1.54, 1.807) is 0 Å². The molecule has 0 atom stereocenters. The van der Waals surface area contributed by atoms with Crippen LogP contribution in [0.3, 0.4) is 0 Å². The van der Waals surface area contributed by atoms with E-state index in [4.69, 9.17) is 0 Å². The van der Waals surface area contributed by atoms with Crippen LogP contribution in [0.5, 0.6) is 0 Å². The number of halogens is 1. The van der Waals surface area contributed by atoms with Crippen LogP contribution < -0.4 is 28.5 Å². The van der Waals surface area contributed by atoms with Gasteiger partial charge in [-0.3, -0.25) is 4.48 Å². The van der Waals surface area contributed by atoms with Gasteiger partial charge in [0.15, 0.2) is 0 Å². The number of rotatable bonds is 36. The topological polar surface area (TPSA) is 0 Å². The van der Waals surface area contributed by atoms with Crippen molar-refractivity contribution in [3.05, 3.63) is 60.7 Å². The SMILES string of the molecule is CCCCCCCCCCCCCCCCCC[N+](CCCCCCCCCCCCCCCCCC)(c1ccccc1)c1ccccc1.[I-]. The van der Waals surface area contributed by atoms with Gasteiger partial charge in [-0.05, 0) is 49.9 Å². The molecule has 288 valence electrons. The maximum atomic E-state index is 2.39. The fourth-order valence-corrected chi connectivity index (χ4v) is 8.06. The van der Waals surface area contributed by atoms with Crippen LogP contribution in [0.15, 0.2) is 60.7 Å². The molecule has 0 unspecified atom stereocenters. The molecule has 0 radical (unpaired) electrons. The number of hydrogen-bond acceptors (Lipinski definition) is 0. The molecule has 2 heteroatoms. The van der Waals surface area contributed by atoms with Crippen molar-refractivity contribution in [2.75, 3.05) is 13.1 Å². The predicted octanol–water partition coefficient (Wildman–Crippen LogP) is 13.9. The molecule has 50 heavy (non-hydrogen) atoms. The first-order valence-electron chi connectivity index (χ1n) is 22.3. The van der Waals surface area contributed by atoms with Crippen LogP contribution in [0, 0.1) is 0 Å². The van der Waals surface area contributed by atoms with Crippen molar-refractivity contribution >= 4 is 11.4 Å². The second-order valence-corrected chi connectivity index (χ2v) is 15.7. The summed E-state index contributed by atoms with van der Waals surface area (Å²) in [6.07, 6.45) is 45.8. The van der Waals surface area contributed by atoms with Crippen LogP contribution in [0.1, 0.15) is 219 Å². The molecular weight excluding hydrogens is 717 g/mol. The Hall–Kier alpha value is -0.870. The van der Waals surface area contributed by atoms with Gasteiger partial charge in [0.1, 0.15) is 11.4 Å². The van der Waals surface area contributed by atoms with E-state index in [2.05, 4.69) is 74.5 Å². The summed E-state index contributed by atoms with van der Waals surface area (Å²) in [6.45, 7) is 7.08. The van der Waals surface area contributed by atoms with Gasteiger partial charge in [-0.1, -0.05) is 230 Å². The third-order valence-corrected chi connectivity index (χ3v) is 11.3. The van der Waals surface area contributed by atoms with Crippen molar-refractivity contribution in [1.82, 2.24) is 4.48 Å². The Balaban J connectivity index is 0.0000125. The summed E-state index contributed by atoms with van der Waals surface area (Å²) in [5.41, 5.74) is 2.96. The van der Waals surface area contributed by atoms with Gasteiger partial charge in [0, 0.05) is 0 Å². The lowest BCUT2D eigenvalue weighted by atomic mass is 10.0. The van der Waals surface area contributed by atoms with Gasteiger partial charge in [-0.25, -0.2) is 0 Å². The second-order valence-electron chi connectivity index (χ2n) is 15.7. The predicted molar refractivity (Wildman–Crippen MR) is 223 cm³/mol. The van der Waals surface area contributed by atoms with E-state index in [-0.39, 0.29) is 24.0 Å². The average Bonchev–Trinajstić information content (AvgIpc) is 3.14. The average molecular weight is 802 g/mol. The zero-order chi connectivity index (χ0) is 34.8. The molecule has 0 saturated heterocycles. The minimum atomic E-state index is 0. The summed E-state index contributed by atoms with van der Waals surface area (Å²) < 4.78 is 1.03. The van der Waals surface area contributed by atoms with Gasteiger partial charge in [-0.15, -0.1) is 0 Å². The molecule has 0 fully saturated rings. The van der Waals surface area contributed by atoms with Crippen LogP contribution >= 0.6 is 0 Å². The standard InChI is InChI=1S/C48H84N.HI/c1-3-5-7-9-11-13-15-17-19-21-23-25-27-29-31-39-45-49(47-41-35-33-36-42-47,48-43-37-34-38-44-48)46-40-32-30-28-26-24-22-20-18-16-14-12-10-8-6-4-2;/h33-38,41-44H,3-32,39-40,45-46H2,1-2H3;1H/q+1;/p-1. The minimum absolute atomic E-state index is 0. The van der Waals surface area contributed by atoms with Crippen molar-refractivity contribution in [3.63, 3.8) is 0 Å². The first kappa shape index (κ1) is 47.2. The molecule has 0 N–H and O–H groups in total. The Kier molecular flexibility index (Phi) is 33.2. The van der Waals surface area contributed by atoms with Crippen LogP contribution in [-0.2, 0) is 0 Å². The van der Waals surface area contributed by atoms with Crippen LogP contribution in [0.2, 0.25) is 0 Å². The van der Waals surface area contributed by atoms with Gasteiger partial charge in [0.05, 0.1) is 13.1 Å². The van der Waals surface area contributed by atoms with Gasteiger partial charge >= 0.3 is 0 Å². The number of benzene rings is 2. The van der Waals surface area contributed by atoms with Gasteiger partial charge in [0.2, 0.25) is 0 Å². The molecule has 0 aliphatic carbocycles. The highest BCUT2D eigenvalue weighted by Crippen LogP contribution is 2.36. The summed E-state index contributed by atoms with van der Waals surface area (Å²) in [6, 6.07) is 23.0. The highest BCUT2D eigenvalue weighted by Gasteiger charge is 2.32. The zero-order valence-electron chi connectivity index (χ0n) is 33.6. The normalized spacial score (nSPS) is 11.6. The third kappa shape index (κ3) is 23.6. The lowest BCUT2D eigenvalue weighted by molar-refractivity contribution is -0.0000105. The molecule has 0 heterocycles. The van der Waals surface area contributed by atoms with Crippen molar-refractivity contribution in [2.24, 2.45) is 0 Å². The molecule has 0 amide bonds. The molecule has 2 rings (SSSR count). The van der Waals surface area contributed by atoms with Gasteiger partial charge in [0.25, 0.3) is 0 Å². The van der Waals surface area contributed by atoms with Crippen LogP contribution in [0.4, 0.5) is 11.4 Å². The Morgan fingerprint density at radius 3 is 0.700 bits per heavy atom. The number of quaternary nitrogens is 1. The summed E-state index contributed by atoms with van der Waals surface area (Å²) in [5, 5.41) is 0. The van der Waals surface area contributed by atoms with E-state index in [0.717, 1.165) is 4.48 Å². The monoisotopic (exact) mass is 802 g/mol. The quantitative estimate of drug-likeness (QED) is 0.0366. The van der Waals surface area contributed by atoms with Gasteiger partial charge in [-0.2, -0.15) is 0 Å². The molecule has 1 nitrogen and oxygen atoms in total. The third-order valence-electron chi connectivity index (χ3n) is 11.3. The second kappa shape index (κ2) is 35.2. The fraction of sp³-hybridized carbons (Fsp3) is 0.750. The molecule has 2 aromatic rings. The number of nitrogens with zero attached hydrogens (tertiary/aromatic N) is 1. The lowest BCUT2D eigenvalue weighted by Gasteiger charge is -2.38. The summed E-state index contributed by atoms with van der Waals surface area (Å²) >= 11 is 0. The maximum Gasteiger partial charge on any atom is 0.137 e. The summed E-state index contributed by atoms with van der Waals surface area (Å²) in [4.78, 5) is 0. The van der Waals surface area contributed by atoms with E-state index < -0.39 is 0 Å². The molecule has 0 aliphatic heterocycles. The lowest BCUT2D eigenvalue weighted by Crippen LogP contribution is -3.00. The van der Waals surface area contributed by atoms with E-state index >= 15 is 0 Å².